The van der Waals surface area contributed by atoms with Crippen molar-refractivity contribution in [3.05, 3.63) is 26.6 Å². The van der Waals surface area contributed by atoms with Crippen LogP contribution in [0.25, 0.3) is 10.2 Å². The Balaban J connectivity index is 1.52. The summed E-state index contributed by atoms with van der Waals surface area (Å²) in [5, 5.41) is 0.706. The van der Waals surface area contributed by atoms with Gasteiger partial charge in [0.2, 0.25) is 5.91 Å². The number of likely N-dealkylation sites (tertiary alicyclic amines) is 1. The van der Waals surface area contributed by atoms with Gasteiger partial charge in [0.1, 0.15) is 10.7 Å². The molecule has 1 N–H and O–H groups in total. The zero-order valence-electron chi connectivity index (χ0n) is 16.8. The van der Waals surface area contributed by atoms with Crippen molar-refractivity contribution in [2.75, 3.05) is 39.4 Å². The number of nitrogens with zero attached hydrogens (tertiary/aromatic N) is 3. The molecule has 2 aliphatic rings. The van der Waals surface area contributed by atoms with Gasteiger partial charge in [0.25, 0.3) is 5.56 Å². The minimum absolute atomic E-state index is 0.0102. The van der Waals surface area contributed by atoms with Crippen molar-refractivity contribution >= 4 is 27.5 Å². The van der Waals surface area contributed by atoms with Crippen LogP contribution in [-0.4, -0.2) is 65.1 Å². The lowest BCUT2D eigenvalue weighted by atomic mass is 9.95. The average Bonchev–Trinajstić information content (AvgIpc) is 3.01. The van der Waals surface area contributed by atoms with Crippen LogP contribution in [0.1, 0.15) is 42.1 Å². The molecule has 0 radical (unpaired) electrons. The Bertz CT molecular complexity index is 931. The summed E-state index contributed by atoms with van der Waals surface area (Å²) < 4.78 is 5.37. The number of fused-ring (bicyclic) bond motifs is 1. The summed E-state index contributed by atoms with van der Waals surface area (Å²) in [5.74, 6) is 0.941. The van der Waals surface area contributed by atoms with Gasteiger partial charge < -0.3 is 14.6 Å². The van der Waals surface area contributed by atoms with Crippen LogP contribution < -0.4 is 5.56 Å². The molecule has 2 aromatic rings. The second-order valence-corrected chi connectivity index (χ2v) is 9.07. The molecular weight excluding hydrogens is 376 g/mol. The molecule has 7 nitrogen and oxygen atoms in total. The molecule has 28 heavy (non-hydrogen) atoms. The zero-order chi connectivity index (χ0) is 19.8. The number of carbonyl (C=O) groups excluding carboxylic acids is 1. The molecule has 152 valence electrons. The van der Waals surface area contributed by atoms with Gasteiger partial charge in [-0.05, 0) is 45.7 Å². The van der Waals surface area contributed by atoms with E-state index < -0.39 is 0 Å². The monoisotopic (exact) mass is 404 g/mol. The molecule has 2 aliphatic heterocycles. The van der Waals surface area contributed by atoms with Crippen molar-refractivity contribution in [3.8, 4) is 0 Å². The van der Waals surface area contributed by atoms with E-state index in [1.54, 1.807) is 11.3 Å². The Morgan fingerprint density at radius 3 is 2.79 bits per heavy atom. The predicted molar refractivity (Wildman–Crippen MR) is 110 cm³/mol. The van der Waals surface area contributed by atoms with E-state index in [-0.39, 0.29) is 23.4 Å². The molecule has 2 unspecified atom stereocenters. The first-order valence-corrected chi connectivity index (χ1v) is 10.9. The molecule has 4 heterocycles. The van der Waals surface area contributed by atoms with E-state index in [1.807, 2.05) is 18.7 Å². The number of thiophene rings is 1. The van der Waals surface area contributed by atoms with Crippen LogP contribution in [0.5, 0.6) is 0 Å². The third-order valence-corrected chi connectivity index (χ3v) is 7.23. The first kappa shape index (κ1) is 19.5. The number of aryl methyl sites for hydroxylation is 2. The van der Waals surface area contributed by atoms with Crippen LogP contribution in [0.4, 0.5) is 0 Å². The molecule has 2 aromatic heterocycles. The van der Waals surface area contributed by atoms with E-state index in [0.717, 1.165) is 34.7 Å². The highest BCUT2D eigenvalue weighted by molar-refractivity contribution is 7.18. The van der Waals surface area contributed by atoms with Gasteiger partial charge in [-0.25, -0.2) is 4.98 Å². The Hall–Kier alpha value is -1.77. The summed E-state index contributed by atoms with van der Waals surface area (Å²) in [6.07, 6.45) is 1.90. The van der Waals surface area contributed by atoms with Gasteiger partial charge in [-0.2, -0.15) is 0 Å². The number of piperidine rings is 1. The topological polar surface area (TPSA) is 78.5 Å². The number of carbonyl (C=O) groups is 1. The normalized spacial score (nSPS) is 22.5. The maximum Gasteiger partial charge on any atom is 0.259 e. The van der Waals surface area contributed by atoms with Gasteiger partial charge in [-0.15, -0.1) is 11.3 Å². The number of ether oxygens (including phenoxy) is 1. The highest BCUT2D eigenvalue weighted by Crippen LogP contribution is 2.29. The number of hydrogen-bond donors (Lipinski definition) is 1. The minimum atomic E-state index is -0.0633. The van der Waals surface area contributed by atoms with Crippen molar-refractivity contribution in [2.45, 2.75) is 39.7 Å². The van der Waals surface area contributed by atoms with E-state index in [0.29, 0.717) is 44.1 Å². The largest absolute Gasteiger partial charge is 0.378 e. The molecular formula is C20H28N4O3S. The second-order valence-electron chi connectivity index (χ2n) is 7.86. The van der Waals surface area contributed by atoms with Crippen LogP contribution >= 0.6 is 11.3 Å². The number of morpholine rings is 1. The van der Waals surface area contributed by atoms with Crippen molar-refractivity contribution in [2.24, 2.45) is 5.92 Å². The second kappa shape index (κ2) is 7.93. The van der Waals surface area contributed by atoms with Gasteiger partial charge in [0.15, 0.2) is 0 Å². The number of H-pyrrole nitrogens is 1. The first-order valence-electron chi connectivity index (χ1n) is 10.1. The third kappa shape index (κ3) is 3.60. The number of hydrogen-bond acceptors (Lipinski definition) is 6. The number of rotatable bonds is 3. The highest BCUT2D eigenvalue weighted by Gasteiger charge is 2.32. The molecule has 0 aromatic carbocycles. The highest BCUT2D eigenvalue weighted by atomic mass is 32.1. The maximum atomic E-state index is 12.9. The summed E-state index contributed by atoms with van der Waals surface area (Å²) >= 11 is 1.57. The number of amides is 1. The minimum Gasteiger partial charge on any atom is -0.378 e. The Morgan fingerprint density at radius 1 is 1.29 bits per heavy atom. The smallest absolute Gasteiger partial charge is 0.259 e. The Labute approximate surface area is 168 Å². The lowest BCUT2D eigenvalue weighted by Crippen LogP contribution is -2.48. The fourth-order valence-electron chi connectivity index (χ4n) is 4.24. The zero-order valence-corrected chi connectivity index (χ0v) is 17.6. The molecule has 1 amide bonds. The van der Waals surface area contributed by atoms with Gasteiger partial charge in [0.05, 0.1) is 30.6 Å². The van der Waals surface area contributed by atoms with Gasteiger partial charge in [-0.3, -0.25) is 14.5 Å². The quantitative estimate of drug-likeness (QED) is 0.849. The van der Waals surface area contributed by atoms with Gasteiger partial charge in [0, 0.05) is 24.5 Å². The number of aromatic amines is 1. The average molecular weight is 405 g/mol. The van der Waals surface area contributed by atoms with Crippen molar-refractivity contribution in [1.82, 2.24) is 19.8 Å². The van der Waals surface area contributed by atoms with Crippen molar-refractivity contribution < 1.29 is 9.53 Å². The SMILES string of the molecule is Cc1sc2nc(C(C)N3CCCC(C(=O)N4CCOCC4)C3)[nH]c(=O)c2c1C. The van der Waals surface area contributed by atoms with Gasteiger partial charge in [-0.1, -0.05) is 0 Å². The molecule has 0 bridgehead atoms. The fourth-order valence-corrected chi connectivity index (χ4v) is 5.28. The lowest BCUT2D eigenvalue weighted by Gasteiger charge is -2.38. The Kier molecular flexibility index (Phi) is 5.53. The molecule has 2 atom stereocenters. The van der Waals surface area contributed by atoms with Gasteiger partial charge >= 0.3 is 0 Å². The van der Waals surface area contributed by atoms with E-state index in [9.17, 15) is 9.59 Å². The Morgan fingerprint density at radius 2 is 2.04 bits per heavy atom. The van der Waals surface area contributed by atoms with Crippen molar-refractivity contribution in [1.29, 1.82) is 0 Å². The predicted octanol–water partition coefficient (Wildman–Crippen LogP) is 2.23. The maximum absolute atomic E-state index is 12.9. The molecule has 4 rings (SSSR count). The van der Waals surface area contributed by atoms with Crippen molar-refractivity contribution in [3.63, 3.8) is 0 Å². The molecule has 0 spiro atoms. The van der Waals surface area contributed by atoms with Crippen LogP contribution in [0.3, 0.4) is 0 Å². The molecule has 2 fully saturated rings. The molecule has 2 saturated heterocycles. The lowest BCUT2D eigenvalue weighted by molar-refractivity contribution is -0.141. The third-order valence-electron chi connectivity index (χ3n) is 6.13. The summed E-state index contributed by atoms with van der Waals surface area (Å²) in [4.78, 5) is 39.4. The van der Waals surface area contributed by atoms with E-state index in [1.165, 1.54) is 0 Å². The van der Waals surface area contributed by atoms with E-state index in [2.05, 4.69) is 16.8 Å². The summed E-state index contributed by atoms with van der Waals surface area (Å²) in [6, 6.07) is -0.0277. The number of nitrogens with one attached hydrogen (secondary N) is 1. The fraction of sp³-hybridized carbons (Fsp3) is 0.650. The van der Waals surface area contributed by atoms with E-state index in [4.69, 9.17) is 9.72 Å². The van der Waals surface area contributed by atoms with Crippen LogP contribution in [-0.2, 0) is 9.53 Å². The van der Waals surface area contributed by atoms with E-state index >= 15 is 0 Å². The molecule has 8 heteroatoms. The summed E-state index contributed by atoms with van der Waals surface area (Å²) in [5.41, 5.74) is 0.953. The van der Waals surface area contributed by atoms with Crippen LogP contribution in [0.15, 0.2) is 4.79 Å². The molecule has 0 aliphatic carbocycles. The first-order chi connectivity index (χ1) is 13.5. The van der Waals surface area contributed by atoms with Crippen LogP contribution in [0.2, 0.25) is 0 Å². The summed E-state index contributed by atoms with van der Waals surface area (Å²) in [6.45, 7) is 10.3. The number of aromatic nitrogens is 2. The van der Waals surface area contributed by atoms with Crippen LogP contribution in [0, 0.1) is 19.8 Å². The molecule has 0 saturated carbocycles. The summed E-state index contributed by atoms with van der Waals surface area (Å²) in [7, 11) is 0. The standard InChI is InChI=1S/C20H28N4O3S/c1-12-14(3)28-19-16(12)18(25)21-17(22-19)13(2)24-6-4-5-15(11-24)20(26)23-7-9-27-10-8-23/h13,15H,4-11H2,1-3H3,(H,21,22,25).